The molecule has 0 bridgehead atoms. The minimum Gasteiger partial charge on any atom is -0.474 e. The Kier molecular flexibility index (Phi) is 2.10. The number of ether oxygens (including phenoxy) is 1. The van der Waals surface area contributed by atoms with Crippen LogP contribution < -0.4 is 9.64 Å². The van der Waals surface area contributed by atoms with Crippen molar-refractivity contribution in [2.75, 3.05) is 18.1 Å². The fraction of sp³-hybridized carbons (Fsp3) is 0.455. The topological polar surface area (TPSA) is 72.4 Å². The largest absolute Gasteiger partial charge is 0.474 e. The number of rotatable bonds is 1. The highest BCUT2D eigenvalue weighted by molar-refractivity contribution is 6.10. The van der Waals surface area contributed by atoms with Gasteiger partial charge in [0.05, 0.1) is 12.0 Å². The molecule has 0 N–H and O–H groups in total. The molecule has 2 aliphatic rings. The van der Waals surface area contributed by atoms with Crippen LogP contribution in [0.2, 0.25) is 0 Å². The second-order valence-corrected chi connectivity index (χ2v) is 4.30. The third-order valence-corrected chi connectivity index (χ3v) is 3.20. The number of carbonyl (C=O) groups excluding carboxylic acids is 2. The molecule has 0 fully saturated rings. The van der Waals surface area contributed by atoms with E-state index in [0.29, 0.717) is 36.7 Å². The average molecular weight is 233 g/mol. The van der Waals surface area contributed by atoms with Crippen molar-refractivity contribution < 1.29 is 14.3 Å². The van der Waals surface area contributed by atoms with E-state index in [1.165, 1.54) is 6.33 Å². The molecule has 1 aromatic rings. The zero-order chi connectivity index (χ0) is 12.0. The highest BCUT2D eigenvalue weighted by atomic mass is 16.5. The fourth-order valence-corrected chi connectivity index (χ4v) is 2.26. The van der Waals surface area contributed by atoms with Crippen molar-refractivity contribution in [3.8, 4) is 5.88 Å². The summed E-state index contributed by atoms with van der Waals surface area (Å²) in [6.45, 7) is 2.88. The second kappa shape index (κ2) is 3.51. The van der Waals surface area contributed by atoms with E-state index in [2.05, 4.69) is 9.97 Å². The van der Waals surface area contributed by atoms with Gasteiger partial charge in [0.1, 0.15) is 30.6 Å². The van der Waals surface area contributed by atoms with Crippen LogP contribution in [-0.4, -0.2) is 41.2 Å². The Morgan fingerprint density at radius 2 is 2.35 bits per heavy atom. The standard InChI is InChI=1S/C11H11N3O3/c1-6-4-17-11-9-8(12-5-13-11)10(16)7(3-15)2-14(6)9/h3,5-7H,2,4H2,1H3. The summed E-state index contributed by atoms with van der Waals surface area (Å²) in [4.78, 5) is 32.9. The molecule has 1 aromatic heterocycles. The Morgan fingerprint density at radius 1 is 1.53 bits per heavy atom. The van der Waals surface area contributed by atoms with Gasteiger partial charge in [-0.3, -0.25) is 4.79 Å². The molecule has 0 spiro atoms. The normalized spacial score (nSPS) is 26.2. The SMILES string of the molecule is CC1COc2ncnc3c2N1CC(C=O)C3=O. The first-order valence-electron chi connectivity index (χ1n) is 5.46. The first-order valence-corrected chi connectivity index (χ1v) is 5.46. The summed E-state index contributed by atoms with van der Waals surface area (Å²) in [5.41, 5.74) is 0.930. The maximum Gasteiger partial charge on any atom is 0.241 e. The summed E-state index contributed by atoms with van der Waals surface area (Å²) >= 11 is 0. The zero-order valence-electron chi connectivity index (χ0n) is 9.29. The van der Waals surface area contributed by atoms with Gasteiger partial charge in [-0.1, -0.05) is 0 Å². The fourth-order valence-electron chi connectivity index (χ4n) is 2.26. The van der Waals surface area contributed by atoms with Crippen LogP contribution in [0.1, 0.15) is 17.4 Å². The summed E-state index contributed by atoms with van der Waals surface area (Å²) < 4.78 is 5.47. The molecule has 0 aliphatic carbocycles. The van der Waals surface area contributed by atoms with Crippen LogP contribution in [0.4, 0.5) is 5.69 Å². The van der Waals surface area contributed by atoms with E-state index < -0.39 is 5.92 Å². The van der Waals surface area contributed by atoms with Crippen molar-refractivity contribution in [3.05, 3.63) is 12.0 Å². The molecule has 6 heteroatoms. The lowest BCUT2D eigenvalue weighted by molar-refractivity contribution is -0.109. The molecule has 0 saturated carbocycles. The van der Waals surface area contributed by atoms with Gasteiger partial charge in [-0.2, -0.15) is 4.98 Å². The quantitative estimate of drug-likeness (QED) is 0.505. The predicted octanol–water partition coefficient (Wildman–Crippen LogP) is 0.0753. The van der Waals surface area contributed by atoms with Crippen LogP contribution in [0.25, 0.3) is 0 Å². The van der Waals surface area contributed by atoms with Crippen LogP contribution in [0.15, 0.2) is 6.33 Å². The highest BCUT2D eigenvalue weighted by Gasteiger charge is 2.39. The van der Waals surface area contributed by atoms with Crippen molar-refractivity contribution in [3.63, 3.8) is 0 Å². The smallest absolute Gasteiger partial charge is 0.241 e. The number of hydrogen-bond donors (Lipinski definition) is 0. The van der Waals surface area contributed by atoms with E-state index in [4.69, 9.17) is 4.74 Å². The molecular weight excluding hydrogens is 222 g/mol. The van der Waals surface area contributed by atoms with Gasteiger partial charge in [-0.25, -0.2) is 4.98 Å². The van der Waals surface area contributed by atoms with E-state index in [9.17, 15) is 9.59 Å². The third kappa shape index (κ3) is 1.33. The first kappa shape index (κ1) is 10.2. The average Bonchev–Trinajstić information content (AvgIpc) is 2.36. The van der Waals surface area contributed by atoms with Crippen molar-refractivity contribution in [2.45, 2.75) is 13.0 Å². The van der Waals surface area contributed by atoms with Crippen molar-refractivity contribution >= 4 is 17.8 Å². The Bertz CT molecular complexity index is 503. The van der Waals surface area contributed by atoms with Crippen LogP contribution in [0, 0.1) is 5.92 Å². The number of Topliss-reactive ketones (excluding diaryl/α,β-unsaturated/α-hetero) is 1. The van der Waals surface area contributed by atoms with Gasteiger partial charge in [0.25, 0.3) is 0 Å². The molecular formula is C11H11N3O3. The maximum absolute atomic E-state index is 12.0. The maximum atomic E-state index is 12.0. The molecule has 0 amide bonds. The van der Waals surface area contributed by atoms with E-state index in [0.717, 1.165) is 0 Å². The van der Waals surface area contributed by atoms with Gasteiger partial charge in [-0.05, 0) is 6.92 Å². The van der Waals surface area contributed by atoms with E-state index in [1.807, 2.05) is 11.8 Å². The Balaban J connectivity index is 2.19. The number of ketones is 1. The highest BCUT2D eigenvalue weighted by Crippen LogP contribution is 2.38. The number of anilines is 1. The zero-order valence-corrected chi connectivity index (χ0v) is 9.29. The monoisotopic (exact) mass is 233 g/mol. The van der Waals surface area contributed by atoms with Crippen molar-refractivity contribution in [2.24, 2.45) is 5.92 Å². The molecule has 2 atom stereocenters. The molecule has 3 heterocycles. The Morgan fingerprint density at radius 3 is 3.12 bits per heavy atom. The lowest BCUT2D eigenvalue weighted by Crippen LogP contribution is -2.49. The predicted molar refractivity (Wildman–Crippen MR) is 58.2 cm³/mol. The minimum atomic E-state index is -0.634. The molecule has 2 aliphatic heterocycles. The van der Waals surface area contributed by atoms with Gasteiger partial charge in [-0.15, -0.1) is 0 Å². The number of nitrogens with zero attached hydrogens (tertiary/aromatic N) is 3. The van der Waals surface area contributed by atoms with Gasteiger partial charge in [0, 0.05) is 6.54 Å². The van der Waals surface area contributed by atoms with Crippen LogP contribution in [-0.2, 0) is 4.79 Å². The van der Waals surface area contributed by atoms with Crippen LogP contribution >= 0.6 is 0 Å². The van der Waals surface area contributed by atoms with E-state index in [-0.39, 0.29) is 11.8 Å². The molecule has 0 saturated heterocycles. The van der Waals surface area contributed by atoms with Gasteiger partial charge in [0.15, 0.2) is 5.78 Å². The summed E-state index contributed by atoms with van der Waals surface area (Å²) in [5, 5.41) is 0. The molecule has 17 heavy (non-hydrogen) atoms. The first-order chi connectivity index (χ1) is 8.22. The number of carbonyl (C=O) groups is 2. The van der Waals surface area contributed by atoms with E-state index >= 15 is 0 Å². The van der Waals surface area contributed by atoms with Gasteiger partial charge < -0.3 is 14.4 Å². The summed E-state index contributed by atoms with van der Waals surface area (Å²) in [6.07, 6.45) is 1.99. The summed E-state index contributed by atoms with van der Waals surface area (Å²) in [6, 6.07) is 0.114. The molecule has 2 unspecified atom stereocenters. The van der Waals surface area contributed by atoms with Crippen molar-refractivity contribution in [1.29, 1.82) is 0 Å². The second-order valence-electron chi connectivity index (χ2n) is 4.30. The Hall–Kier alpha value is -1.98. The molecule has 0 aromatic carbocycles. The lowest BCUT2D eigenvalue weighted by atomic mass is 9.94. The molecule has 88 valence electrons. The summed E-state index contributed by atoms with van der Waals surface area (Å²) in [7, 11) is 0. The van der Waals surface area contributed by atoms with Crippen LogP contribution in [0.3, 0.4) is 0 Å². The molecule has 6 nitrogen and oxygen atoms in total. The minimum absolute atomic E-state index is 0.114. The van der Waals surface area contributed by atoms with Gasteiger partial charge >= 0.3 is 0 Å². The van der Waals surface area contributed by atoms with Crippen molar-refractivity contribution in [1.82, 2.24) is 9.97 Å². The summed E-state index contributed by atoms with van der Waals surface area (Å²) in [5.74, 6) is -0.441. The third-order valence-electron chi connectivity index (χ3n) is 3.20. The van der Waals surface area contributed by atoms with E-state index in [1.54, 1.807) is 0 Å². The number of hydrogen-bond acceptors (Lipinski definition) is 6. The Labute approximate surface area is 97.6 Å². The number of aldehydes is 1. The number of aromatic nitrogens is 2. The van der Waals surface area contributed by atoms with Gasteiger partial charge in [0.2, 0.25) is 5.88 Å². The molecule has 3 rings (SSSR count). The van der Waals surface area contributed by atoms with Crippen LogP contribution in [0.5, 0.6) is 5.88 Å². The molecule has 0 radical (unpaired) electrons. The lowest BCUT2D eigenvalue weighted by Gasteiger charge is -2.40.